The molecule has 1 aromatic heterocycles. The molecule has 3 heterocycles. The van der Waals surface area contributed by atoms with Crippen LogP contribution in [-0.4, -0.2) is 29.0 Å². The maximum atomic E-state index is 4.70. The van der Waals surface area contributed by atoms with Gasteiger partial charge in [0.1, 0.15) is 0 Å². The van der Waals surface area contributed by atoms with Crippen molar-refractivity contribution in [1.82, 2.24) is 9.88 Å². The first-order valence-electron chi connectivity index (χ1n) is 9.40. The van der Waals surface area contributed by atoms with Crippen LogP contribution in [0.3, 0.4) is 0 Å². The lowest BCUT2D eigenvalue weighted by molar-refractivity contribution is 0.0612. The van der Waals surface area contributed by atoms with Gasteiger partial charge in [-0.1, -0.05) is 32.4 Å². The second-order valence-corrected chi connectivity index (χ2v) is 6.94. The van der Waals surface area contributed by atoms with E-state index in [0.717, 1.165) is 23.7 Å². The smallest absolute Gasteiger partial charge is 0.0708 e. The van der Waals surface area contributed by atoms with E-state index in [0.29, 0.717) is 6.04 Å². The summed E-state index contributed by atoms with van der Waals surface area (Å²) in [5, 5.41) is 1.33. The van der Waals surface area contributed by atoms with E-state index in [4.69, 9.17) is 4.98 Å². The van der Waals surface area contributed by atoms with Gasteiger partial charge in [0, 0.05) is 23.2 Å². The Hall–Kier alpha value is -1.67. The van der Waals surface area contributed by atoms with Crippen LogP contribution in [-0.2, 0) is 6.42 Å². The normalized spacial score (nSPS) is 22.9. The molecule has 1 aromatic carbocycles. The molecule has 2 heteroatoms. The minimum absolute atomic E-state index is 0.672. The number of rotatable bonds is 2. The van der Waals surface area contributed by atoms with Crippen LogP contribution in [0.15, 0.2) is 29.8 Å². The molecule has 2 aromatic rings. The molecule has 2 unspecified atom stereocenters. The van der Waals surface area contributed by atoms with Crippen molar-refractivity contribution in [3.8, 4) is 0 Å². The van der Waals surface area contributed by atoms with Crippen LogP contribution >= 0.6 is 0 Å². The first kappa shape index (κ1) is 17.2. The van der Waals surface area contributed by atoms with Gasteiger partial charge in [-0.15, -0.1) is 0 Å². The van der Waals surface area contributed by atoms with Crippen molar-refractivity contribution in [2.75, 3.05) is 7.05 Å². The van der Waals surface area contributed by atoms with Gasteiger partial charge in [-0.2, -0.15) is 0 Å². The fraction of sp³-hybridized carbons (Fsp3) is 0.500. The fourth-order valence-electron chi connectivity index (χ4n) is 4.28. The van der Waals surface area contributed by atoms with Gasteiger partial charge >= 0.3 is 0 Å². The molecule has 0 saturated carbocycles. The second kappa shape index (κ2) is 6.68. The van der Waals surface area contributed by atoms with Gasteiger partial charge in [-0.3, -0.25) is 9.88 Å². The lowest BCUT2D eigenvalue weighted by Crippen LogP contribution is -2.56. The lowest BCUT2D eigenvalue weighted by atomic mass is 9.74. The number of pyridine rings is 1. The predicted octanol–water partition coefficient (Wildman–Crippen LogP) is 5.38. The average Bonchev–Trinajstić information content (AvgIpc) is 2.61. The number of hydrogen-bond acceptors (Lipinski definition) is 2. The third kappa shape index (κ3) is 2.67. The summed E-state index contributed by atoms with van der Waals surface area (Å²) in [6.45, 7) is 10.6. The highest BCUT2D eigenvalue weighted by Crippen LogP contribution is 2.44. The zero-order valence-electron chi connectivity index (χ0n) is 16.0. The first-order chi connectivity index (χ1) is 11.6. The molecule has 128 valence electrons. The molecule has 1 saturated heterocycles. The van der Waals surface area contributed by atoms with E-state index in [-0.39, 0.29) is 0 Å². The van der Waals surface area contributed by atoms with Crippen LogP contribution in [0.2, 0.25) is 0 Å². The van der Waals surface area contributed by atoms with Crippen molar-refractivity contribution in [2.45, 2.75) is 66.0 Å². The summed E-state index contributed by atoms with van der Waals surface area (Å²) in [6, 6.07) is 10.5. The Balaban J connectivity index is 0.000000815. The average molecular weight is 322 g/mol. The van der Waals surface area contributed by atoms with Crippen LogP contribution in [0.25, 0.3) is 16.5 Å². The maximum Gasteiger partial charge on any atom is 0.0708 e. The summed E-state index contributed by atoms with van der Waals surface area (Å²) in [6.07, 6.45) is 3.61. The molecule has 2 aliphatic heterocycles. The molecule has 2 atom stereocenters. The SMILES string of the molecule is CC.CCc1cc(C)nc2ccc(C3=C(C)C4CC(C3)N4C)cc12. The molecular formula is C22H30N2. The number of hydrogen-bond donors (Lipinski definition) is 0. The Morgan fingerprint density at radius 2 is 1.92 bits per heavy atom. The van der Waals surface area contributed by atoms with Gasteiger partial charge in [0.25, 0.3) is 0 Å². The molecule has 3 aliphatic rings. The zero-order valence-corrected chi connectivity index (χ0v) is 16.0. The molecule has 24 heavy (non-hydrogen) atoms. The molecule has 0 N–H and O–H groups in total. The van der Waals surface area contributed by atoms with Gasteiger partial charge in [0.15, 0.2) is 0 Å². The molecular weight excluding hydrogens is 292 g/mol. The van der Waals surface area contributed by atoms with E-state index in [2.05, 4.69) is 57.0 Å². The number of likely N-dealkylation sites (N-methyl/N-ethyl adjacent to an activating group) is 1. The van der Waals surface area contributed by atoms with E-state index in [1.54, 1.807) is 11.1 Å². The van der Waals surface area contributed by atoms with Crippen molar-refractivity contribution in [2.24, 2.45) is 0 Å². The van der Waals surface area contributed by atoms with E-state index in [1.165, 1.54) is 29.4 Å². The molecule has 2 nitrogen and oxygen atoms in total. The highest BCUT2D eigenvalue weighted by atomic mass is 15.2. The van der Waals surface area contributed by atoms with E-state index in [9.17, 15) is 0 Å². The first-order valence-corrected chi connectivity index (χ1v) is 9.40. The number of benzene rings is 1. The van der Waals surface area contributed by atoms with E-state index < -0.39 is 0 Å². The van der Waals surface area contributed by atoms with Crippen LogP contribution in [0.4, 0.5) is 0 Å². The number of nitrogens with zero attached hydrogens (tertiary/aromatic N) is 2. The Morgan fingerprint density at radius 1 is 1.17 bits per heavy atom. The van der Waals surface area contributed by atoms with Gasteiger partial charge < -0.3 is 0 Å². The van der Waals surface area contributed by atoms with Crippen LogP contribution in [0.1, 0.15) is 57.4 Å². The third-order valence-electron chi connectivity index (χ3n) is 5.73. The highest BCUT2D eigenvalue weighted by molar-refractivity contribution is 5.87. The molecule has 0 radical (unpaired) electrons. The summed E-state index contributed by atoms with van der Waals surface area (Å²) in [4.78, 5) is 7.23. The Kier molecular flexibility index (Phi) is 4.78. The van der Waals surface area contributed by atoms with E-state index in [1.807, 2.05) is 13.8 Å². The Labute approximate surface area is 146 Å². The summed E-state index contributed by atoms with van der Waals surface area (Å²) >= 11 is 0. The standard InChI is InChI=1S/C20H24N2.C2H6/c1-5-14-8-12(2)21-19-7-6-15(9-18(14)19)17-10-16-11-20(13(17)3)22(16)4;1-2/h6-9,16,20H,5,10-11H2,1-4H3;1-2H3. The quantitative estimate of drug-likeness (QED) is 0.737. The largest absolute Gasteiger partial charge is 0.296 e. The van der Waals surface area contributed by atoms with Gasteiger partial charge in [0.2, 0.25) is 0 Å². The lowest BCUT2D eigenvalue weighted by Gasteiger charge is -2.52. The van der Waals surface area contributed by atoms with Gasteiger partial charge in [-0.25, -0.2) is 0 Å². The summed E-state index contributed by atoms with van der Waals surface area (Å²) in [5.41, 5.74) is 8.23. The van der Waals surface area contributed by atoms with Crippen molar-refractivity contribution in [3.63, 3.8) is 0 Å². The minimum atomic E-state index is 0.672. The van der Waals surface area contributed by atoms with Gasteiger partial charge in [-0.05, 0) is 75.1 Å². The third-order valence-corrected chi connectivity index (χ3v) is 5.73. The van der Waals surface area contributed by atoms with Crippen LogP contribution in [0.5, 0.6) is 0 Å². The molecule has 0 amide bonds. The van der Waals surface area contributed by atoms with Gasteiger partial charge in [0.05, 0.1) is 5.52 Å². The summed E-state index contributed by atoms with van der Waals surface area (Å²) in [5.74, 6) is 0. The topological polar surface area (TPSA) is 16.1 Å². The van der Waals surface area contributed by atoms with Crippen LogP contribution in [0, 0.1) is 6.92 Å². The maximum absolute atomic E-state index is 4.70. The van der Waals surface area contributed by atoms with Crippen molar-refractivity contribution < 1.29 is 0 Å². The zero-order chi connectivity index (χ0) is 17.4. The number of fused-ring (bicyclic) bond motifs is 2. The second-order valence-electron chi connectivity index (χ2n) is 6.94. The molecule has 1 aliphatic carbocycles. The van der Waals surface area contributed by atoms with Crippen LogP contribution < -0.4 is 0 Å². The summed E-state index contributed by atoms with van der Waals surface area (Å²) < 4.78 is 0. The molecule has 1 fully saturated rings. The molecule has 2 bridgehead atoms. The number of aromatic nitrogens is 1. The molecule has 5 rings (SSSR count). The Morgan fingerprint density at radius 3 is 2.54 bits per heavy atom. The minimum Gasteiger partial charge on any atom is -0.296 e. The molecule has 0 spiro atoms. The Bertz CT molecular complexity index is 788. The van der Waals surface area contributed by atoms with Crippen molar-refractivity contribution >= 4 is 16.5 Å². The number of aryl methyl sites for hydroxylation is 2. The fourth-order valence-corrected chi connectivity index (χ4v) is 4.28. The monoisotopic (exact) mass is 322 g/mol. The van der Waals surface area contributed by atoms with Crippen molar-refractivity contribution in [1.29, 1.82) is 0 Å². The van der Waals surface area contributed by atoms with Crippen molar-refractivity contribution in [3.05, 3.63) is 46.7 Å². The summed E-state index contributed by atoms with van der Waals surface area (Å²) in [7, 11) is 2.27. The highest BCUT2D eigenvalue weighted by Gasteiger charge is 2.41. The predicted molar refractivity (Wildman–Crippen MR) is 104 cm³/mol. The van der Waals surface area contributed by atoms with E-state index >= 15 is 0 Å².